The molecule has 11 heavy (non-hydrogen) atoms. The van der Waals surface area contributed by atoms with Gasteiger partial charge in [-0.1, -0.05) is 6.92 Å². The van der Waals surface area contributed by atoms with Crippen LogP contribution >= 0.6 is 0 Å². The molecule has 3 heteroatoms. The van der Waals surface area contributed by atoms with Gasteiger partial charge < -0.3 is 4.74 Å². The molecule has 0 fully saturated rings. The van der Waals surface area contributed by atoms with Crippen LogP contribution in [0.15, 0.2) is 6.07 Å². The van der Waals surface area contributed by atoms with Gasteiger partial charge in [-0.15, -0.1) is 0 Å². The summed E-state index contributed by atoms with van der Waals surface area (Å²) in [5, 5.41) is 7.92. The van der Waals surface area contributed by atoms with Crippen molar-refractivity contribution < 1.29 is 4.74 Å². The number of methoxy groups -OCH3 is 1. The van der Waals surface area contributed by atoms with Gasteiger partial charge >= 0.3 is 0 Å². The van der Waals surface area contributed by atoms with Gasteiger partial charge in [0.15, 0.2) is 0 Å². The summed E-state index contributed by atoms with van der Waals surface area (Å²) in [6, 6.07) is 1.92. The second-order valence-corrected chi connectivity index (χ2v) is 2.34. The second kappa shape index (κ2) is 3.32. The van der Waals surface area contributed by atoms with E-state index in [0.29, 0.717) is 0 Å². The summed E-state index contributed by atoms with van der Waals surface area (Å²) in [4.78, 5) is 0. The molecule has 0 saturated carbocycles. The first kappa shape index (κ1) is 7.98. The van der Waals surface area contributed by atoms with Crippen LogP contribution in [0.3, 0.4) is 0 Å². The van der Waals surface area contributed by atoms with Crippen molar-refractivity contribution in [1.82, 2.24) is 10.2 Å². The lowest BCUT2D eigenvalue weighted by Gasteiger charge is -2.03. The predicted molar refractivity (Wildman–Crippen MR) is 42.7 cm³/mol. The first-order valence-corrected chi connectivity index (χ1v) is 3.65. The average Bonchev–Trinajstić information content (AvgIpc) is 2.05. The van der Waals surface area contributed by atoms with Gasteiger partial charge in [-0.3, -0.25) is 0 Å². The fourth-order valence-corrected chi connectivity index (χ4v) is 0.853. The van der Waals surface area contributed by atoms with Gasteiger partial charge in [0.1, 0.15) is 11.4 Å². The summed E-state index contributed by atoms with van der Waals surface area (Å²) in [6.45, 7) is 3.92. The van der Waals surface area contributed by atoms with Crippen LogP contribution in [0.25, 0.3) is 0 Å². The molecule has 0 aliphatic rings. The Morgan fingerprint density at radius 3 is 2.73 bits per heavy atom. The Morgan fingerprint density at radius 1 is 1.45 bits per heavy atom. The highest BCUT2D eigenvalue weighted by molar-refractivity contribution is 5.26. The highest BCUT2D eigenvalue weighted by Crippen LogP contribution is 2.14. The Balaban J connectivity index is 3.02. The standard InChI is InChI=1S/C8H12N2O/c1-4-7-5-8(11-3)6(2)9-10-7/h5H,4H2,1-3H3. The smallest absolute Gasteiger partial charge is 0.143 e. The van der Waals surface area contributed by atoms with Crippen LogP contribution in [0.4, 0.5) is 0 Å². The first-order chi connectivity index (χ1) is 5.27. The summed E-state index contributed by atoms with van der Waals surface area (Å²) in [7, 11) is 1.64. The van der Waals surface area contributed by atoms with Crippen LogP contribution in [-0.2, 0) is 6.42 Å². The first-order valence-electron chi connectivity index (χ1n) is 3.65. The van der Waals surface area contributed by atoms with E-state index in [1.165, 1.54) is 0 Å². The third kappa shape index (κ3) is 1.67. The molecule has 0 saturated heterocycles. The molecule has 1 heterocycles. The maximum atomic E-state index is 5.08. The van der Waals surface area contributed by atoms with Crippen molar-refractivity contribution in [2.24, 2.45) is 0 Å². The lowest BCUT2D eigenvalue weighted by molar-refractivity contribution is 0.406. The molecule has 60 valence electrons. The molecule has 0 spiro atoms. The Kier molecular flexibility index (Phi) is 2.41. The molecule has 0 aromatic carbocycles. The number of aromatic nitrogens is 2. The van der Waals surface area contributed by atoms with Crippen LogP contribution in [0.5, 0.6) is 5.75 Å². The summed E-state index contributed by atoms with van der Waals surface area (Å²) in [5.74, 6) is 0.817. The van der Waals surface area contributed by atoms with Crippen molar-refractivity contribution in [2.45, 2.75) is 20.3 Å². The van der Waals surface area contributed by atoms with E-state index in [2.05, 4.69) is 10.2 Å². The zero-order valence-electron chi connectivity index (χ0n) is 7.09. The van der Waals surface area contributed by atoms with Gasteiger partial charge in [-0.2, -0.15) is 10.2 Å². The van der Waals surface area contributed by atoms with Gasteiger partial charge in [0.05, 0.1) is 12.8 Å². The minimum atomic E-state index is 0.817. The van der Waals surface area contributed by atoms with Gasteiger partial charge in [0, 0.05) is 6.07 Å². The number of aryl methyl sites for hydroxylation is 2. The van der Waals surface area contributed by atoms with Gasteiger partial charge in [-0.25, -0.2) is 0 Å². The monoisotopic (exact) mass is 152 g/mol. The number of hydrogen-bond donors (Lipinski definition) is 0. The molecule has 0 bridgehead atoms. The van der Waals surface area contributed by atoms with Crippen molar-refractivity contribution >= 4 is 0 Å². The normalized spacial score (nSPS) is 9.73. The average molecular weight is 152 g/mol. The van der Waals surface area contributed by atoms with Crippen LogP contribution in [-0.4, -0.2) is 17.3 Å². The fraction of sp³-hybridized carbons (Fsp3) is 0.500. The molecular formula is C8H12N2O. The molecule has 0 amide bonds. The Labute approximate surface area is 66.4 Å². The molecule has 0 N–H and O–H groups in total. The highest BCUT2D eigenvalue weighted by atomic mass is 16.5. The quantitative estimate of drug-likeness (QED) is 0.641. The van der Waals surface area contributed by atoms with Crippen LogP contribution in [0.1, 0.15) is 18.3 Å². The largest absolute Gasteiger partial charge is 0.495 e. The number of hydrogen-bond acceptors (Lipinski definition) is 3. The van der Waals surface area contributed by atoms with Crippen molar-refractivity contribution in [2.75, 3.05) is 7.11 Å². The number of ether oxygens (including phenoxy) is 1. The summed E-state index contributed by atoms with van der Waals surface area (Å²) in [6.07, 6.45) is 0.892. The second-order valence-electron chi connectivity index (χ2n) is 2.34. The maximum Gasteiger partial charge on any atom is 0.143 e. The Morgan fingerprint density at radius 2 is 2.18 bits per heavy atom. The minimum absolute atomic E-state index is 0.817. The van der Waals surface area contributed by atoms with Crippen LogP contribution in [0.2, 0.25) is 0 Å². The van der Waals surface area contributed by atoms with Crippen molar-refractivity contribution in [3.05, 3.63) is 17.5 Å². The molecule has 3 nitrogen and oxygen atoms in total. The predicted octanol–water partition coefficient (Wildman–Crippen LogP) is 1.36. The SMILES string of the molecule is CCc1cc(OC)c(C)nn1. The molecule has 0 aliphatic heterocycles. The molecular weight excluding hydrogens is 140 g/mol. The Bertz CT molecular complexity index is 248. The topological polar surface area (TPSA) is 35.0 Å². The maximum absolute atomic E-state index is 5.08. The molecule has 1 aromatic rings. The van der Waals surface area contributed by atoms with Crippen LogP contribution < -0.4 is 4.74 Å². The third-order valence-electron chi connectivity index (χ3n) is 1.56. The van der Waals surface area contributed by atoms with Crippen LogP contribution in [0, 0.1) is 6.92 Å². The molecule has 0 aliphatic carbocycles. The molecule has 1 aromatic heterocycles. The molecule has 0 unspecified atom stereocenters. The highest BCUT2D eigenvalue weighted by Gasteiger charge is 2.00. The number of rotatable bonds is 2. The van der Waals surface area contributed by atoms with E-state index in [4.69, 9.17) is 4.74 Å². The zero-order chi connectivity index (χ0) is 8.27. The van der Waals surface area contributed by atoms with Gasteiger partial charge in [0.2, 0.25) is 0 Å². The van der Waals surface area contributed by atoms with Crippen molar-refractivity contribution in [3.63, 3.8) is 0 Å². The lowest BCUT2D eigenvalue weighted by atomic mass is 10.3. The van der Waals surface area contributed by atoms with E-state index >= 15 is 0 Å². The van der Waals surface area contributed by atoms with Crippen molar-refractivity contribution in [1.29, 1.82) is 0 Å². The lowest BCUT2D eigenvalue weighted by Crippen LogP contribution is -1.96. The number of nitrogens with zero attached hydrogens (tertiary/aromatic N) is 2. The van der Waals surface area contributed by atoms with E-state index in [1.54, 1.807) is 7.11 Å². The van der Waals surface area contributed by atoms with E-state index in [-0.39, 0.29) is 0 Å². The molecule has 0 radical (unpaired) electrons. The van der Waals surface area contributed by atoms with E-state index in [9.17, 15) is 0 Å². The summed E-state index contributed by atoms with van der Waals surface area (Å²) >= 11 is 0. The Hall–Kier alpha value is -1.12. The van der Waals surface area contributed by atoms with Gasteiger partial charge in [-0.05, 0) is 13.3 Å². The third-order valence-corrected chi connectivity index (χ3v) is 1.56. The van der Waals surface area contributed by atoms with E-state index < -0.39 is 0 Å². The van der Waals surface area contributed by atoms with E-state index in [0.717, 1.165) is 23.6 Å². The van der Waals surface area contributed by atoms with Gasteiger partial charge in [0.25, 0.3) is 0 Å². The zero-order valence-corrected chi connectivity index (χ0v) is 7.09. The minimum Gasteiger partial charge on any atom is -0.495 e. The van der Waals surface area contributed by atoms with E-state index in [1.807, 2.05) is 19.9 Å². The summed E-state index contributed by atoms with van der Waals surface area (Å²) < 4.78 is 5.08. The van der Waals surface area contributed by atoms with Crippen molar-refractivity contribution in [3.8, 4) is 5.75 Å². The summed E-state index contributed by atoms with van der Waals surface area (Å²) in [5.41, 5.74) is 1.80. The fourth-order valence-electron chi connectivity index (χ4n) is 0.853. The molecule has 1 rings (SSSR count). The molecule has 0 atom stereocenters.